The molecule has 3 aromatic heterocycles. The summed E-state index contributed by atoms with van der Waals surface area (Å²) >= 11 is 0. The monoisotopic (exact) mass is 432 g/mol. The summed E-state index contributed by atoms with van der Waals surface area (Å²) in [6, 6.07) is 11.6. The van der Waals surface area contributed by atoms with Crippen LogP contribution >= 0.6 is 0 Å². The molecule has 1 aliphatic rings. The van der Waals surface area contributed by atoms with E-state index in [1.807, 2.05) is 55.1 Å². The molecule has 0 spiro atoms. The lowest BCUT2D eigenvalue weighted by Gasteiger charge is -2.32. The average molecular weight is 433 g/mol. The topological polar surface area (TPSA) is 93.1 Å². The van der Waals surface area contributed by atoms with Crippen molar-refractivity contribution in [3.8, 4) is 0 Å². The van der Waals surface area contributed by atoms with Gasteiger partial charge in [0.15, 0.2) is 0 Å². The number of morpholine rings is 1. The summed E-state index contributed by atoms with van der Waals surface area (Å²) in [5, 5.41) is 3.18. The fraction of sp³-hybridized carbons (Fsp3) is 0.375. The highest BCUT2D eigenvalue weighted by molar-refractivity contribution is 5.76. The van der Waals surface area contributed by atoms with Crippen molar-refractivity contribution in [2.75, 3.05) is 25.0 Å². The normalized spacial score (nSPS) is 16.1. The second-order valence-electron chi connectivity index (χ2n) is 7.94. The van der Waals surface area contributed by atoms with E-state index >= 15 is 0 Å². The van der Waals surface area contributed by atoms with Crippen molar-refractivity contribution in [3.63, 3.8) is 0 Å². The van der Waals surface area contributed by atoms with E-state index < -0.39 is 0 Å². The number of nitrogens with one attached hydrogen (secondary N) is 1. The maximum atomic E-state index is 12.7. The Morgan fingerprint density at radius 2 is 2.00 bits per heavy atom. The number of nitrogens with zero attached hydrogens (tertiary/aromatic N) is 5. The van der Waals surface area contributed by atoms with Crippen molar-refractivity contribution < 1.29 is 9.53 Å². The number of carbonyl (C=O) groups excluding carboxylic acids is 1. The van der Waals surface area contributed by atoms with Gasteiger partial charge in [0.2, 0.25) is 11.9 Å². The van der Waals surface area contributed by atoms with Crippen LogP contribution in [0, 0.1) is 13.8 Å². The number of rotatable bonds is 7. The number of ether oxygens (including phenoxy) is 1. The van der Waals surface area contributed by atoms with E-state index in [2.05, 4.69) is 25.3 Å². The maximum Gasteiger partial charge on any atom is 0.227 e. The molecule has 0 aromatic carbocycles. The summed E-state index contributed by atoms with van der Waals surface area (Å²) < 4.78 is 5.90. The molecule has 4 rings (SSSR count). The van der Waals surface area contributed by atoms with Crippen LogP contribution in [0.2, 0.25) is 0 Å². The zero-order valence-corrected chi connectivity index (χ0v) is 18.5. The zero-order valence-electron chi connectivity index (χ0n) is 18.5. The molecule has 1 aliphatic heterocycles. The molecule has 1 N–H and O–H groups in total. The summed E-state index contributed by atoms with van der Waals surface area (Å²) in [7, 11) is 0. The summed E-state index contributed by atoms with van der Waals surface area (Å²) in [6.07, 6.45) is 5.40. The first-order valence-corrected chi connectivity index (χ1v) is 10.9. The number of hydrogen-bond acceptors (Lipinski definition) is 7. The van der Waals surface area contributed by atoms with Gasteiger partial charge in [-0.05, 0) is 57.0 Å². The van der Waals surface area contributed by atoms with E-state index in [0.29, 0.717) is 32.1 Å². The molecule has 0 radical (unpaired) electrons. The third-order valence-electron chi connectivity index (χ3n) is 5.32. The minimum absolute atomic E-state index is 0.152. The van der Waals surface area contributed by atoms with Gasteiger partial charge >= 0.3 is 0 Å². The molecule has 1 fully saturated rings. The minimum atomic E-state index is -0.227. The van der Waals surface area contributed by atoms with Crippen LogP contribution in [0.1, 0.15) is 41.7 Å². The third kappa shape index (κ3) is 5.85. The van der Waals surface area contributed by atoms with Crippen LogP contribution in [0.15, 0.2) is 48.8 Å². The van der Waals surface area contributed by atoms with Crippen LogP contribution in [-0.4, -0.2) is 50.4 Å². The summed E-state index contributed by atoms with van der Waals surface area (Å²) in [4.78, 5) is 32.2. The molecule has 8 nitrogen and oxygen atoms in total. The Kier molecular flexibility index (Phi) is 7.01. The van der Waals surface area contributed by atoms with Crippen molar-refractivity contribution in [2.24, 2.45) is 0 Å². The molecular formula is C24H28N6O2. The van der Waals surface area contributed by atoms with E-state index in [1.54, 1.807) is 12.4 Å². The number of hydrogen-bond donors (Lipinski definition) is 1. The number of carbonyl (C=O) groups is 1. The second-order valence-corrected chi connectivity index (χ2v) is 7.94. The van der Waals surface area contributed by atoms with Gasteiger partial charge in [0.1, 0.15) is 6.10 Å². The van der Waals surface area contributed by atoms with Gasteiger partial charge in [0.25, 0.3) is 0 Å². The molecule has 1 amide bonds. The highest BCUT2D eigenvalue weighted by Gasteiger charge is 2.26. The molecule has 0 bridgehead atoms. The van der Waals surface area contributed by atoms with Crippen LogP contribution in [0.5, 0.6) is 0 Å². The van der Waals surface area contributed by atoms with Gasteiger partial charge in [-0.15, -0.1) is 0 Å². The van der Waals surface area contributed by atoms with Gasteiger partial charge in [0.05, 0.1) is 30.7 Å². The van der Waals surface area contributed by atoms with Crippen LogP contribution in [0.3, 0.4) is 0 Å². The lowest BCUT2D eigenvalue weighted by molar-refractivity contribution is -0.139. The highest BCUT2D eigenvalue weighted by atomic mass is 16.5. The Bertz CT molecular complexity index is 1020. The number of aromatic nitrogens is 4. The summed E-state index contributed by atoms with van der Waals surface area (Å²) in [5.74, 6) is 0.702. The van der Waals surface area contributed by atoms with Gasteiger partial charge in [-0.1, -0.05) is 6.07 Å². The summed E-state index contributed by atoms with van der Waals surface area (Å²) in [5.41, 5.74) is 4.44. The molecule has 0 saturated carbocycles. The predicted molar refractivity (Wildman–Crippen MR) is 121 cm³/mol. The fourth-order valence-corrected chi connectivity index (χ4v) is 3.76. The Balaban J connectivity index is 1.31. The first kappa shape index (κ1) is 21.8. The van der Waals surface area contributed by atoms with Gasteiger partial charge in [-0.3, -0.25) is 14.8 Å². The second kappa shape index (κ2) is 10.3. The molecule has 3 aromatic rings. The van der Waals surface area contributed by atoms with Crippen molar-refractivity contribution in [1.29, 1.82) is 0 Å². The number of pyridine rings is 2. The molecule has 1 saturated heterocycles. The van der Waals surface area contributed by atoms with Crippen molar-refractivity contribution in [3.05, 3.63) is 71.6 Å². The molecule has 32 heavy (non-hydrogen) atoms. The predicted octanol–water partition coefficient (Wildman–Crippen LogP) is 3.55. The van der Waals surface area contributed by atoms with Gasteiger partial charge < -0.3 is 15.0 Å². The van der Waals surface area contributed by atoms with E-state index in [-0.39, 0.29) is 12.0 Å². The Morgan fingerprint density at radius 3 is 2.72 bits per heavy atom. The lowest BCUT2D eigenvalue weighted by atomic mass is 10.1. The Labute approximate surface area is 188 Å². The smallest absolute Gasteiger partial charge is 0.227 e. The van der Waals surface area contributed by atoms with Crippen LogP contribution in [0.25, 0.3) is 0 Å². The third-order valence-corrected chi connectivity index (χ3v) is 5.32. The maximum absolute atomic E-state index is 12.7. The quantitative estimate of drug-likeness (QED) is 0.610. The van der Waals surface area contributed by atoms with Crippen LogP contribution < -0.4 is 5.32 Å². The average Bonchev–Trinajstić information content (AvgIpc) is 2.80. The molecule has 4 heterocycles. The largest absolute Gasteiger partial charge is 0.368 e. The number of aryl methyl sites for hydroxylation is 3. The lowest BCUT2D eigenvalue weighted by Crippen LogP contribution is -2.42. The molecule has 0 aliphatic carbocycles. The van der Waals surface area contributed by atoms with E-state index in [0.717, 1.165) is 41.3 Å². The van der Waals surface area contributed by atoms with Gasteiger partial charge in [0, 0.05) is 36.2 Å². The molecule has 1 atom stereocenters. The van der Waals surface area contributed by atoms with Crippen LogP contribution in [-0.2, 0) is 16.0 Å². The minimum Gasteiger partial charge on any atom is -0.368 e. The van der Waals surface area contributed by atoms with Crippen LogP contribution in [0.4, 0.5) is 11.6 Å². The SMILES string of the molecule is Cc1cc(C)nc(Nc2ccc([C@H]3CN(C(=O)CCCc4ccccn4)CCO3)nc2)n1. The molecule has 166 valence electrons. The van der Waals surface area contributed by atoms with Crippen molar-refractivity contribution in [1.82, 2.24) is 24.8 Å². The van der Waals surface area contributed by atoms with E-state index in [4.69, 9.17) is 4.74 Å². The first-order chi connectivity index (χ1) is 15.6. The van der Waals surface area contributed by atoms with Gasteiger partial charge in [-0.2, -0.15) is 0 Å². The molecule has 0 unspecified atom stereocenters. The van der Waals surface area contributed by atoms with Crippen molar-refractivity contribution in [2.45, 2.75) is 39.2 Å². The standard InChI is InChI=1S/C24H28N6O2/c1-17-14-18(2)28-24(27-17)29-20-9-10-21(26-15-20)22-16-30(12-13-32-22)23(31)8-5-7-19-6-3-4-11-25-19/h3-4,6,9-11,14-15,22H,5,7-8,12-13,16H2,1-2H3,(H,27,28,29)/t22-/m1/s1. The highest BCUT2D eigenvalue weighted by Crippen LogP contribution is 2.23. The van der Waals surface area contributed by atoms with Crippen molar-refractivity contribution >= 4 is 17.5 Å². The van der Waals surface area contributed by atoms with E-state index in [1.165, 1.54) is 0 Å². The molecular weight excluding hydrogens is 404 g/mol. The molecule has 8 heteroatoms. The summed E-state index contributed by atoms with van der Waals surface area (Å²) in [6.45, 7) is 5.51. The number of amides is 1. The zero-order chi connectivity index (χ0) is 22.3. The van der Waals surface area contributed by atoms with E-state index in [9.17, 15) is 4.79 Å². The fourth-order valence-electron chi connectivity index (χ4n) is 3.76. The first-order valence-electron chi connectivity index (χ1n) is 10.9. The number of anilines is 2. The van der Waals surface area contributed by atoms with Gasteiger partial charge in [-0.25, -0.2) is 9.97 Å². The Hall–Kier alpha value is -3.39. The Morgan fingerprint density at radius 1 is 1.16 bits per heavy atom.